The van der Waals surface area contributed by atoms with Crippen molar-refractivity contribution in [3.63, 3.8) is 0 Å². The molecule has 2 atom stereocenters. The SMILES string of the molecule is CNC(=O)[C@@H]1CN(C(=O)C2CCOCC2)C[C@H]1c1nc(C)no1. The van der Waals surface area contributed by atoms with E-state index in [0.29, 0.717) is 38.0 Å². The summed E-state index contributed by atoms with van der Waals surface area (Å²) in [6.45, 7) is 3.81. The summed E-state index contributed by atoms with van der Waals surface area (Å²) in [6, 6.07) is 0. The predicted octanol–water partition coefficient (Wildman–Crippen LogP) is 0.0926. The van der Waals surface area contributed by atoms with Crippen LogP contribution in [-0.4, -0.2) is 60.2 Å². The Bertz CT molecular complexity index is 582. The van der Waals surface area contributed by atoms with E-state index in [9.17, 15) is 9.59 Å². The molecule has 1 N–H and O–H groups in total. The van der Waals surface area contributed by atoms with Gasteiger partial charge >= 0.3 is 0 Å². The predicted molar refractivity (Wildman–Crippen MR) is 79.5 cm³/mol. The number of carbonyl (C=O) groups is 2. The summed E-state index contributed by atoms with van der Waals surface area (Å²) >= 11 is 0. The number of rotatable bonds is 3. The minimum Gasteiger partial charge on any atom is -0.381 e. The molecule has 126 valence electrons. The van der Waals surface area contributed by atoms with Gasteiger partial charge in [0, 0.05) is 39.3 Å². The lowest BCUT2D eigenvalue weighted by molar-refractivity contribution is -0.137. The molecule has 8 nitrogen and oxygen atoms in total. The number of ether oxygens (including phenoxy) is 1. The highest BCUT2D eigenvalue weighted by molar-refractivity contribution is 5.84. The van der Waals surface area contributed by atoms with Crippen LogP contribution in [-0.2, 0) is 14.3 Å². The molecule has 2 amide bonds. The van der Waals surface area contributed by atoms with Crippen LogP contribution in [0.1, 0.15) is 30.5 Å². The fourth-order valence-electron chi connectivity index (χ4n) is 3.35. The van der Waals surface area contributed by atoms with Crippen LogP contribution in [0.3, 0.4) is 0 Å². The van der Waals surface area contributed by atoms with Gasteiger partial charge in [-0.2, -0.15) is 4.98 Å². The molecule has 23 heavy (non-hydrogen) atoms. The van der Waals surface area contributed by atoms with Crippen molar-refractivity contribution in [3.05, 3.63) is 11.7 Å². The van der Waals surface area contributed by atoms with Gasteiger partial charge in [0.25, 0.3) is 0 Å². The zero-order valence-corrected chi connectivity index (χ0v) is 13.4. The molecular formula is C15H22N4O4. The van der Waals surface area contributed by atoms with Crippen LogP contribution < -0.4 is 5.32 Å². The second-order valence-corrected chi connectivity index (χ2v) is 6.14. The maximum Gasteiger partial charge on any atom is 0.232 e. The van der Waals surface area contributed by atoms with E-state index in [1.54, 1.807) is 18.9 Å². The third kappa shape index (κ3) is 3.21. The van der Waals surface area contributed by atoms with E-state index in [1.807, 2.05) is 0 Å². The fourth-order valence-corrected chi connectivity index (χ4v) is 3.35. The Morgan fingerprint density at radius 3 is 2.61 bits per heavy atom. The van der Waals surface area contributed by atoms with Crippen LogP contribution in [0.4, 0.5) is 0 Å². The third-order valence-corrected chi connectivity index (χ3v) is 4.65. The lowest BCUT2D eigenvalue weighted by Crippen LogP contribution is -2.38. The van der Waals surface area contributed by atoms with E-state index in [2.05, 4.69) is 15.5 Å². The average Bonchev–Trinajstić information content (AvgIpc) is 3.20. The summed E-state index contributed by atoms with van der Waals surface area (Å²) < 4.78 is 10.6. The number of aromatic nitrogens is 2. The number of likely N-dealkylation sites (tertiary alicyclic amines) is 1. The highest BCUT2D eigenvalue weighted by Gasteiger charge is 2.44. The number of carbonyl (C=O) groups excluding carboxylic acids is 2. The topological polar surface area (TPSA) is 97.6 Å². The van der Waals surface area contributed by atoms with Crippen molar-refractivity contribution >= 4 is 11.8 Å². The molecule has 0 aromatic carbocycles. The Morgan fingerprint density at radius 1 is 1.26 bits per heavy atom. The van der Waals surface area contributed by atoms with Gasteiger partial charge in [-0.25, -0.2) is 0 Å². The zero-order chi connectivity index (χ0) is 16.4. The fraction of sp³-hybridized carbons (Fsp3) is 0.733. The Hall–Kier alpha value is -1.96. The number of hydrogen-bond acceptors (Lipinski definition) is 6. The normalized spacial score (nSPS) is 25.6. The summed E-state index contributed by atoms with van der Waals surface area (Å²) in [5.74, 6) is 0.332. The number of nitrogens with zero attached hydrogens (tertiary/aromatic N) is 3. The summed E-state index contributed by atoms with van der Waals surface area (Å²) in [5, 5.41) is 6.47. The van der Waals surface area contributed by atoms with Gasteiger partial charge in [-0.15, -0.1) is 0 Å². The molecule has 2 fully saturated rings. The van der Waals surface area contributed by atoms with Crippen molar-refractivity contribution in [3.8, 4) is 0 Å². The average molecular weight is 322 g/mol. The Kier molecular flexibility index (Phi) is 4.61. The number of hydrogen-bond donors (Lipinski definition) is 1. The van der Waals surface area contributed by atoms with Gasteiger partial charge in [0.2, 0.25) is 17.7 Å². The van der Waals surface area contributed by atoms with Crippen molar-refractivity contribution in [2.24, 2.45) is 11.8 Å². The number of aryl methyl sites for hydroxylation is 1. The summed E-state index contributed by atoms with van der Waals surface area (Å²) in [6.07, 6.45) is 1.48. The van der Waals surface area contributed by atoms with Gasteiger partial charge in [0.1, 0.15) is 0 Å². The molecule has 0 radical (unpaired) electrons. The maximum atomic E-state index is 12.7. The molecule has 2 aliphatic heterocycles. The van der Waals surface area contributed by atoms with Crippen LogP contribution in [0.15, 0.2) is 4.52 Å². The molecule has 2 saturated heterocycles. The molecule has 0 saturated carbocycles. The Balaban J connectivity index is 1.76. The van der Waals surface area contributed by atoms with Crippen LogP contribution >= 0.6 is 0 Å². The minimum absolute atomic E-state index is 0.0164. The molecule has 0 spiro atoms. The quantitative estimate of drug-likeness (QED) is 0.847. The highest BCUT2D eigenvalue weighted by Crippen LogP contribution is 2.33. The molecule has 2 aliphatic rings. The maximum absolute atomic E-state index is 12.7. The van der Waals surface area contributed by atoms with Gasteiger partial charge in [-0.1, -0.05) is 5.16 Å². The first-order valence-electron chi connectivity index (χ1n) is 7.98. The zero-order valence-electron chi connectivity index (χ0n) is 13.4. The molecule has 8 heteroatoms. The van der Waals surface area contributed by atoms with Crippen molar-refractivity contribution in [2.45, 2.75) is 25.7 Å². The van der Waals surface area contributed by atoms with Crippen LogP contribution in [0.2, 0.25) is 0 Å². The van der Waals surface area contributed by atoms with Crippen LogP contribution in [0.5, 0.6) is 0 Å². The van der Waals surface area contributed by atoms with E-state index < -0.39 is 0 Å². The Labute approximate surface area is 134 Å². The van der Waals surface area contributed by atoms with Gasteiger partial charge in [0.15, 0.2) is 5.82 Å². The molecule has 0 bridgehead atoms. The largest absolute Gasteiger partial charge is 0.381 e. The van der Waals surface area contributed by atoms with Crippen LogP contribution in [0, 0.1) is 18.8 Å². The molecule has 1 aromatic heterocycles. The van der Waals surface area contributed by atoms with Gasteiger partial charge in [0.05, 0.1) is 11.8 Å². The summed E-state index contributed by atoms with van der Waals surface area (Å²) in [4.78, 5) is 30.9. The molecule has 0 unspecified atom stereocenters. The smallest absolute Gasteiger partial charge is 0.232 e. The first-order chi connectivity index (χ1) is 11.1. The summed E-state index contributed by atoms with van der Waals surface area (Å²) in [7, 11) is 1.60. The monoisotopic (exact) mass is 322 g/mol. The lowest BCUT2D eigenvalue weighted by atomic mass is 9.95. The highest BCUT2D eigenvalue weighted by atomic mass is 16.5. The molecular weight excluding hydrogens is 300 g/mol. The lowest BCUT2D eigenvalue weighted by Gasteiger charge is -2.26. The first-order valence-corrected chi connectivity index (χ1v) is 7.98. The molecule has 1 aromatic rings. The van der Waals surface area contributed by atoms with Crippen LogP contribution in [0.25, 0.3) is 0 Å². The molecule has 3 heterocycles. The van der Waals surface area contributed by atoms with E-state index in [0.717, 1.165) is 12.8 Å². The van der Waals surface area contributed by atoms with Gasteiger partial charge < -0.3 is 19.5 Å². The Morgan fingerprint density at radius 2 is 2.00 bits per heavy atom. The molecule has 0 aliphatic carbocycles. The van der Waals surface area contributed by atoms with E-state index in [4.69, 9.17) is 9.26 Å². The second kappa shape index (κ2) is 6.66. The van der Waals surface area contributed by atoms with Crippen molar-refractivity contribution in [1.29, 1.82) is 0 Å². The standard InChI is InChI=1S/C15H22N4O4/c1-9-17-14(23-18-9)12-8-19(7-11(12)13(20)16-2)15(21)10-3-5-22-6-4-10/h10-12H,3-8H2,1-2H3,(H,16,20)/t11-,12-/m1/s1. The third-order valence-electron chi connectivity index (χ3n) is 4.65. The van der Waals surface area contributed by atoms with Gasteiger partial charge in [-0.3, -0.25) is 9.59 Å². The molecule has 3 rings (SSSR count). The van der Waals surface area contributed by atoms with E-state index in [-0.39, 0.29) is 29.6 Å². The van der Waals surface area contributed by atoms with Crippen molar-refractivity contribution < 1.29 is 18.8 Å². The van der Waals surface area contributed by atoms with E-state index >= 15 is 0 Å². The van der Waals surface area contributed by atoms with Gasteiger partial charge in [-0.05, 0) is 19.8 Å². The number of amides is 2. The minimum atomic E-state index is -0.358. The van der Waals surface area contributed by atoms with Crippen molar-refractivity contribution in [2.75, 3.05) is 33.4 Å². The van der Waals surface area contributed by atoms with E-state index in [1.165, 1.54) is 0 Å². The van der Waals surface area contributed by atoms with Crippen molar-refractivity contribution in [1.82, 2.24) is 20.4 Å². The second-order valence-electron chi connectivity index (χ2n) is 6.14. The number of nitrogens with one attached hydrogen (secondary N) is 1. The first kappa shape index (κ1) is 15.9. The summed E-state index contributed by atoms with van der Waals surface area (Å²) in [5.41, 5.74) is 0.